The molecule has 0 amide bonds. The van der Waals surface area contributed by atoms with Crippen molar-refractivity contribution in [1.82, 2.24) is 0 Å². The third kappa shape index (κ3) is 2.17. The normalized spacial score (nSPS) is 8.67. The Hall–Kier alpha value is -1.69. The first kappa shape index (κ1) is 8.41. The van der Waals surface area contributed by atoms with Crippen LogP contribution in [0.15, 0.2) is 24.3 Å². The van der Waals surface area contributed by atoms with Gasteiger partial charge in [0.05, 0.1) is 7.11 Å². The van der Waals surface area contributed by atoms with Gasteiger partial charge in [-0.1, -0.05) is 0 Å². The van der Waals surface area contributed by atoms with E-state index in [1.807, 2.05) is 24.3 Å². The predicted octanol–water partition coefficient (Wildman–Crippen LogP) is 1.98. The smallest absolute Gasteiger partial charge is 0.287 e. The van der Waals surface area contributed by atoms with Gasteiger partial charge in [0.1, 0.15) is 5.75 Å². The molecule has 1 rings (SSSR count). The van der Waals surface area contributed by atoms with E-state index in [9.17, 15) is 0 Å². The first-order valence-corrected chi connectivity index (χ1v) is 3.58. The molecule has 1 aromatic rings. The highest BCUT2D eigenvalue weighted by atomic mass is 16.5. The van der Waals surface area contributed by atoms with Crippen molar-refractivity contribution < 1.29 is 4.74 Å². The van der Waals surface area contributed by atoms with E-state index in [2.05, 4.69) is 10.2 Å². The van der Waals surface area contributed by atoms with Gasteiger partial charge in [-0.2, -0.15) is 0 Å². The van der Waals surface area contributed by atoms with Crippen LogP contribution in [0.25, 0.3) is 4.85 Å². The Kier molecular flexibility index (Phi) is 2.97. The number of rotatable bonds is 3. The summed E-state index contributed by atoms with van der Waals surface area (Å²) >= 11 is 0. The maximum Gasteiger partial charge on any atom is 0.287 e. The molecule has 3 heteroatoms. The van der Waals surface area contributed by atoms with E-state index in [0.29, 0.717) is 6.67 Å². The molecule has 0 aliphatic heterocycles. The van der Waals surface area contributed by atoms with Crippen LogP contribution in [0.3, 0.4) is 0 Å². The number of ether oxygens (including phenoxy) is 1. The largest absolute Gasteiger partial charge is 0.497 e. The molecule has 62 valence electrons. The van der Waals surface area contributed by atoms with Crippen molar-refractivity contribution in [3.8, 4) is 5.75 Å². The van der Waals surface area contributed by atoms with Crippen molar-refractivity contribution in [3.05, 3.63) is 35.7 Å². The molecule has 3 nitrogen and oxygen atoms in total. The van der Waals surface area contributed by atoms with Crippen molar-refractivity contribution in [3.63, 3.8) is 0 Å². The number of hydrogen-bond donors (Lipinski definition) is 1. The van der Waals surface area contributed by atoms with Crippen LogP contribution < -0.4 is 10.1 Å². The quantitative estimate of drug-likeness (QED) is 0.687. The molecule has 0 saturated heterocycles. The lowest BCUT2D eigenvalue weighted by molar-refractivity contribution is 0.415. The third-order valence-corrected chi connectivity index (χ3v) is 1.45. The minimum atomic E-state index is 0.312. The van der Waals surface area contributed by atoms with E-state index >= 15 is 0 Å². The van der Waals surface area contributed by atoms with E-state index in [1.165, 1.54) is 0 Å². The second kappa shape index (κ2) is 4.24. The fourth-order valence-corrected chi connectivity index (χ4v) is 0.840. The van der Waals surface area contributed by atoms with Crippen LogP contribution in [0.5, 0.6) is 5.75 Å². The van der Waals surface area contributed by atoms with Gasteiger partial charge >= 0.3 is 0 Å². The van der Waals surface area contributed by atoms with Crippen LogP contribution in [0.2, 0.25) is 0 Å². The molecule has 12 heavy (non-hydrogen) atoms. The van der Waals surface area contributed by atoms with Crippen LogP contribution in [-0.2, 0) is 0 Å². The van der Waals surface area contributed by atoms with Crippen molar-refractivity contribution in [1.29, 1.82) is 0 Å². The summed E-state index contributed by atoms with van der Waals surface area (Å²) in [6, 6.07) is 7.46. The highest BCUT2D eigenvalue weighted by Crippen LogP contribution is 2.14. The SMILES string of the molecule is [C-]#[N+]CNc1ccc(OC)cc1. The Balaban J connectivity index is 2.60. The zero-order valence-electron chi connectivity index (χ0n) is 6.87. The second-order valence-corrected chi connectivity index (χ2v) is 2.22. The van der Waals surface area contributed by atoms with Gasteiger partial charge in [-0.3, -0.25) is 4.85 Å². The van der Waals surface area contributed by atoms with Crippen molar-refractivity contribution >= 4 is 5.69 Å². The molecular weight excluding hydrogens is 152 g/mol. The summed E-state index contributed by atoms with van der Waals surface area (Å²) in [5.41, 5.74) is 0.937. The monoisotopic (exact) mass is 162 g/mol. The van der Waals surface area contributed by atoms with Gasteiger partial charge < -0.3 is 10.1 Å². The lowest BCUT2D eigenvalue weighted by Crippen LogP contribution is -1.95. The van der Waals surface area contributed by atoms with Crippen LogP contribution in [0.1, 0.15) is 0 Å². The zero-order chi connectivity index (χ0) is 8.81. The lowest BCUT2D eigenvalue weighted by atomic mass is 10.3. The average Bonchev–Trinajstić information content (AvgIpc) is 2.15. The fourth-order valence-electron chi connectivity index (χ4n) is 0.840. The molecule has 0 fully saturated rings. The molecule has 0 aliphatic carbocycles. The standard InChI is InChI=1S/C9H10N2O/c1-10-7-11-8-3-5-9(12-2)6-4-8/h3-6,11H,7H2,2H3. The highest BCUT2D eigenvalue weighted by Gasteiger charge is 1.92. The van der Waals surface area contributed by atoms with E-state index in [-0.39, 0.29) is 0 Å². The van der Waals surface area contributed by atoms with Gasteiger partial charge in [-0.25, -0.2) is 6.57 Å². The lowest BCUT2D eigenvalue weighted by Gasteiger charge is -2.01. The minimum absolute atomic E-state index is 0.312. The molecule has 1 N–H and O–H groups in total. The Bertz CT molecular complexity index is 274. The molecule has 0 aromatic heterocycles. The topological polar surface area (TPSA) is 25.6 Å². The van der Waals surface area contributed by atoms with Crippen LogP contribution in [0.4, 0.5) is 5.69 Å². The number of nitrogens with one attached hydrogen (secondary N) is 1. The van der Waals surface area contributed by atoms with Crippen molar-refractivity contribution in [2.75, 3.05) is 19.1 Å². The molecular formula is C9H10N2O. The summed E-state index contributed by atoms with van der Waals surface area (Å²) in [7, 11) is 1.63. The number of anilines is 1. The third-order valence-electron chi connectivity index (χ3n) is 1.45. The Morgan fingerprint density at radius 1 is 1.42 bits per heavy atom. The van der Waals surface area contributed by atoms with Gasteiger partial charge in [-0.15, -0.1) is 0 Å². The second-order valence-electron chi connectivity index (χ2n) is 2.22. The number of methoxy groups -OCH3 is 1. The maximum absolute atomic E-state index is 6.57. The number of hydrogen-bond acceptors (Lipinski definition) is 2. The highest BCUT2D eigenvalue weighted by molar-refractivity contribution is 5.46. The Morgan fingerprint density at radius 2 is 2.08 bits per heavy atom. The first-order valence-electron chi connectivity index (χ1n) is 3.58. The molecule has 1 aromatic carbocycles. The van der Waals surface area contributed by atoms with Gasteiger partial charge in [0.15, 0.2) is 0 Å². The molecule has 0 unspecified atom stereocenters. The van der Waals surface area contributed by atoms with Gasteiger partial charge in [0, 0.05) is 5.69 Å². The summed E-state index contributed by atoms with van der Waals surface area (Å²) in [6.07, 6.45) is 0. The number of benzene rings is 1. The van der Waals surface area contributed by atoms with Crippen LogP contribution in [0, 0.1) is 6.57 Å². The minimum Gasteiger partial charge on any atom is -0.497 e. The van der Waals surface area contributed by atoms with Gasteiger partial charge in [0.25, 0.3) is 6.67 Å². The summed E-state index contributed by atoms with van der Waals surface area (Å²) in [5.74, 6) is 0.823. The summed E-state index contributed by atoms with van der Waals surface area (Å²) < 4.78 is 4.99. The molecule has 0 atom stereocenters. The fraction of sp³-hybridized carbons (Fsp3) is 0.222. The van der Waals surface area contributed by atoms with Crippen molar-refractivity contribution in [2.24, 2.45) is 0 Å². The Morgan fingerprint density at radius 3 is 2.58 bits per heavy atom. The zero-order valence-corrected chi connectivity index (χ0v) is 6.87. The maximum atomic E-state index is 6.57. The van der Waals surface area contributed by atoms with Gasteiger partial charge in [-0.05, 0) is 24.3 Å². The van der Waals surface area contributed by atoms with E-state index in [0.717, 1.165) is 11.4 Å². The Labute approximate surface area is 71.8 Å². The van der Waals surface area contributed by atoms with E-state index in [1.54, 1.807) is 7.11 Å². The number of nitrogens with zero attached hydrogens (tertiary/aromatic N) is 1. The molecule has 0 bridgehead atoms. The van der Waals surface area contributed by atoms with Crippen LogP contribution >= 0.6 is 0 Å². The molecule has 0 saturated carbocycles. The molecule has 0 spiro atoms. The van der Waals surface area contributed by atoms with E-state index in [4.69, 9.17) is 11.3 Å². The summed E-state index contributed by atoms with van der Waals surface area (Å²) in [4.78, 5) is 3.18. The predicted molar refractivity (Wildman–Crippen MR) is 48.1 cm³/mol. The van der Waals surface area contributed by atoms with Crippen molar-refractivity contribution in [2.45, 2.75) is 0 Å². The van der Waals surface area contributed by atoms with Gasteiger partial charge in [0.2, 0.25) is 0 Å². The first-order chi connectivity index (χ1) is 5.86. The van der Waals surface area contributed by atoms with Crippen LogP contribution in [-0.4, -0.2) is 13.8 Å². The average molecular weight is 162 g/mol. The summed E-state index contributed by atoms with van der Waals surface area (Å²) in [6.45, 7) is 6.88. The summed E-state index contributed by atoms with van der Waals surface area (Å²) in [5, 5.41) is 2.94. The molecule has 0 heterocycles. The molecule has 0 radical (unpaired) electrons. The van der Waals surface area contributed by atoms with E-state index < -0.39 is 0 Å². The molecule has 0 aliphatic rings.